The van der Waals surface area contributed by atoms with Crippen molar-refractivity contribution < 1.29 is 0 Å². The molecule has 0 unspecified atom stereocenters. The summed E-state index contributed by atoms with van der Waals surface area (Å²) in [6, 6.07) is 37.9. The van der Waals surface area contributed by atoms with Gasteiger partial charge >= 0.3 is 0 Å². The zero-order chi connectivity index (χ0) is 20.9. The van der Waals surface area contributed by atoms with Crippen molar-refractivity contribution in [3.63, 3.8) is 0 Å². The summed E-state index contributed by atoms with van der Waals surface area (Å²) < 4.78 is 0. The van der Waals surface area contributed by atoms with E-state index in [0.29, 0.717) is 0 Å². The third-order valence-corrected chi connectivity index (χ3v) is 5.97. The molecule has 1 aliphatic carbocycles. The second-order valence-corrected chi connectivity index (χ2v) is 7.86. The Kier molecular flexibility index (Phi) is 5.14. The summed E-state index contributed by atoms with van der Waals surface area (Å²) in [4.78, 5) is 0. The molecular formula is C31H22. The van der Waals surface area contributed by atoms with Gasteiger partial charge in [0.25, 0.3) is 0 Å². The summed E-state index contributed by atoms with van der Waals surface area (Å²) in [5.74, 6) is 13.7. The van der Waals surface area contributed by atoms with Crippen molar-refractivity contribution in [1.82, 2.24) is 0 Å². The molecule has 0 atom stereocenters. The van der Waals surface area contributed by atoms with E-state index < -0.39 is 0 Å². The number of hydrogen-bond acceptors (Lipinski definition) is 0. The standard InChI is InChI=1S/C31H22/c1-3-13-25(14-4-1)17-11-23-31(24-12-18-26-15-5-2-6-16-26)29-21-9-7-19-27(29)28-20-8-10-22-30(28)31/h1-10,13-16,19-22H,23-24H2. The van der Waals surface area contributed by atoms with Gasteiger partial charge in [-0.25, -0.2) is 0 Å². The molecule has 146 valence electrons. The smallest absolute Gasteiger partial charge is 0.0433 e. The normalized spacial score (nSPS) is 12.5. The Hall–Kier alpha value is -4.00. The van der Waals surface area contributed by atoms with Gasteiger partial charge in [0.15, 0.2) is 0 Å². The summed E-state index contributed by atoms with van der Waals surface area (Å²) in [6.07, 6.45) is 1.47. The van der Waals surface area contributed by atoms with Crippen molar-refractivity contribution in [2.75, 3.05) is 0 Å². The average Bonchev–Trinajstić information content (AvgIpc) is 3.11. The molecule has 0 aliphatic heterocycles. The summed E-state index contributed by atoms with van der Waals surface area (Å²) in [7, 11) is 0. The number of benzene rings is 4. The SMILES string of the molecule is C(#Cc1ccccc1)CC1(CC#Cc2ccccc2)c2ccccc2-c2ccccc21. The first-order valence-corrected chi connectivity index (χ1v) is 10.6. The van der Waals surface area contributed by atoms with Gasteiger partial charge in [0.05, 0.1) is 0 Å². The van der Waals surface area contributed by atoms with Crippen molar-refractivity contribution >= 4 is 0 Å². The van der Waals surface area contributed by atoms with E-state index in [2.05, 4.69) is 96.5 Å². The van der Waals surface area contributed by atoms with Crippen LogP contribution in [0, 0.1) is 23.7 Å². The Balaban J connectivity index is 1.60. The van der Waals surface area contributed by atoms with Crippen molar-refractivity contribution in [2.24, 2.45) is 0 Å². The summed E-state index contributed by atoms with van der Waals surface area (Å²) >= 11 is 0. The molecule has 31 heavy (non-hydrogen) atoms. The van der Waals surface area contributed by atoms with Gasteiger partial charge in [0, 0.05) is 29.4 Å². The van der Waals surface area contributed by atoms with Crippen molar-refractivity contribution in [2.45, 2.75) is 18.3 Å². The molecule has 0 nitrogen and oxygen atoms in total. The van der Waals surface area contributed by atoms with Gasteiger partial charge < -0.3 is 0 Å². The molecule has 0 N–H and O–H groups in total. The van der Waals surface area contributed by atoms with Gasteiger partial charge in [-0.1, -0.05) is 109 Å². The highest BCUT2D eigenvalue weighted by molar-refractivity contribution is 5.81. The van der Waals surface area contributed by atoms with Crippen LogP contribution in [0.15, 0.2) is 109 Å². The molecule has 0 saturated heterocycles. The molecule has 1 aliphatic rings. The summed E-state index contributed by atoms with van der Waals surface area (Å²) in [5, 5.41) is 0. The van der Waals surface area contributed by atoms with Gasteiger partial charge in [0.1, 0.15) is 0 Å². The fraction of sp³-hybridized carbons (Fsp3) is 0.0968. The maximum absolute atomic E-state index is 3.50. The first-order valence-electron chi connectivity index (χ1n) is 10.6. The van der Waals surface area contributed by atoms with E-state index in [1.165, 1.54) is 22.3 Å². The van der Waals surface area contributed by atoms with Crippen LogP contribution in [-0.2, 0) is 5.41 Å². The van der Waals surface area contributed by atoms with E-state index in [1.807, 2.05) is 36.4 Å². The highest BCUT2D eigenvalue weighted by Gasteiger charge is 2.41. The zero-order valence-corrected chi connectivity index (χ0v) is 17.3. The molecule has 0 radical (unpaired) electrons. The Morgan fingerprint density at radius 1 is 0.452 bits per heavy atom. The van der Waals surface area contributed by atoms with E-state index in [0.717, 1.165) is 24.0 Å². The molecule has 4 aromatic carbocycles. The third-order valence-electron chi connectivity index (χ3n) is 5.97. The molecule has 0 spiro atoms. The molecule has 0 saturated carbocycles. The number of fused-ring (bicyclic) bond motifs is 3. The van der Waals surface area contributed by atoms with Crippen LogP contribution in [0.5, 0.6) is 0 Å². The van der Waals surface area contributed by atoms with Crippen molar-refractivity contribution in [3.8, 4) is 34.8 Å². The van der Waals surface area contributed by atoms with Crippen molar-refractivity contribution in [3.05, 3.63) is 131 Å². The lowest BCUT2D eigenvalue weighted by molar-refractivity contribution is 0.560. The van der Waals surface area contributed by atoms with Crippen LogP contribution in [0.1, 0.15) is 35.1 Å². The predicted molar refractivity (Wildman–Crippen MR) is 129 cm³/mol. The number of hydrogen-bond donors (Lipinski definition) is 0. The summed E-state index contributed by atoms with van der Waals surface area (Å²) in [5.41, 5.74) is 7.15. The molecule has 5 rings (SSSR count). The lowest BCUT2D eigenvalue weighted by Crippen LogP contribution is -2.24. The molecular weight excluding hydrogens is 372 g/mol. The third kappa shape index (κ3) is 3.66. The van der Waals surface area contributed by atoms with Crippen LogP contribution >= 0.6 is 0 Å². The molecule has 0 heteroatoms. The second-order valence-electron chi connectivity index (χ2n) is 7.86. The summed E-state index contributed by atoms with van der Waals surface area (Å²) in [6.45, 7) is 0. The Bertz CT molecular complexity index is 1220. The van der Waals surface area contributed by atoms with Crippen molar-refractivity contribution in [1.29, 1.82) is 0 Å². The molecule has 0 aromatic heterocycles. The van der Waals surface area contributed by atoms with Crippen LogP contribution < -0.4 is 0 Å². The van der Waals surface area contributed by atoms with Crippen LogP contribution in [0.3, 0.4) is 0 Å². The lowest BCUT2D eigenvalue weighted by Gasteiger charge is -2.28. The molecule has 0 amide bonds. The van der Waals surface area contributed by atoms with Crippen LogP contribution in [0.25, 0.3) is 11.1 Å². The predicted octanol–water partition coefficient (Wildman–Crippen LogP) is 6.84. The van der Waals surface area contributed by atoms with E-state index in [-0.39, 0.29) is 5.41 Å². The quantitative estimate of drug-likeness (QED) is 0.327. The maximum Gasteiger partial charge on any atom is 0.0433 e. The van der Waals surface area contributed by atoms with E-state index >= 15 is 0 Å². The molecule has 0 bridgehead atoms. The minimum absolute atomic E-state index is 0.225. The lowest BCUT2D eigenvalue weighted by atomic mass is 9.73. The van der Waals surface area contributed by atoms with Gasteiger partial charge in [-0.15, -0.1) is 0 Å². The first-order chi connectivity index (χ1) is 15.4. The topological polar surface area (TPSA) is 0 Å². The second kappa shape index (κ2) is 8.39. The van der Waals surface area contributed by atoms with E-state index in [9.17, 15) is 0 Å². The fourth-order valence-corrected chi connectivity index (χ4v) is 4.50. The zero-order valence-electron chi connectivity index (χ0n) is 17.3. The van der Waals surface area contributed by atoms with E-state index in [4.69, 9.17) is 0 Å². The minimum atomic E-state index is -0.225. The highest BCUT2D eigenvalue weighted by atomic mass is 14.4. The van der Waals surface area contributed by atoms with Gasteiger partial charge in [-0.3, -0.25) is 0 Å². The van der Waals surface area contributed by atoms with Crippen LogP contribution in [-0.4, -0.2) is 0 Å². The fourth-order valence-electron chi connectivity index (χ4n) is 4.50. The first kappa shape index (κ1) is 19.0. The molecule has 4 aromatic rings. The minimum Gasteiger partial charge on any atom is -0.0966 e. The van der Waals surface area contributed by atoms with Gasteiger partial charge in [-0.05, 0) is 46.5 Å². The molecule has 0 heterocycles. The van der Waals surface area contributed by atoms with Crippen LogP contribution in [0.2, 0.25) is 0 Å². The van der Waals surface area contributed by atoms with Gasteiger partial charge in [0.2, 0.25) is 0 Å². The van der Waals surface area contributed by atoms with Gasteiger partial charge in [-0.2, -0.15) is 0 Å². The largest absolute Gasteiger partial charge is 0.0966 e. The average molecular weight is 395 g/mol. The highest BCUT2D eigenvalue weighted by Crippen LogP contribution is 2.52. The Labute approximate surface area is 184 Å². The maximum atomic E-state index is 3.50. The Morgan fingerprint density at radius 3 is 1.29 bits per heavy atom. The number of rotatable bonds is 2. The molecule has 0 fully saturated rings. The monoisotopic (exact) mass is 394 g/mol. The Morgan fingerprint density at radius 2 is 0.839 bits per heavy atom. The van der Waals surface area contributed by atoms with E-state index in [1.54, 1.807) is 0 Å². The van der Waals surface area contributed by atoms with Crippen LogP contribution in [0.4, 0.5) is 0 Å².